The van der Waals surface area contributed by atoms with Crippen molar-refractivity contribution in [1.82, 2.24) is 15.2 Å². The number of nitrogens with zero attached hydrogens (tertiary/aromatic N) is 2. The van der Waals surface area contributed by atoms with E-state index in [4.69, 9.17) is 0 Å². The molecule has 2 aromatic rings. The van der Waals surface area contributed by atoms with E-state index < -0.39 is 0 Å². The van der Waals surface area contributed by atoms with Crippen LogP contribution in [0, 0.1) is 5.82 Å². The average molecular weight is 305 g/mol. The number of carbonyl (C=O) groups is 1. The minimum Gasteiger partial charge on any atom is -0.332 e. The minimum atomic E-state index is -0.318. The molecule has 1 saturated heterocycles. The molecule has 3 rings (SSSR count). The van der Waals surface area contributed by atoms with Gasteiger partial charge in [0.15, 0.2) is 0 Å². The number of hydrogen-bond acceptors (Lipinski definition) is 4. The van der Waals surface area contributed by atoms with E-state index in [0.717, 1.165) is 13.1 Å². The molecule has 1 aliphatic heterocycles. The molecule has 1 aliphatic rings. The molecular formula is C15H16FN3OS. The minimum absolute atomic E-state index is 0.0807. The lowest BCUT2D eigenvalue weighted by Crippen LogP contribution is -2.52. The van der Waals surface area contributed by atoms with Crippen molar-refractivity contribution in [3.8, 4) is 10.6 Å². The van der Waals surface area contributed by atoms with E-state index in [-0.39, 0.29) is 17.8 Å². The molecule has 1 aromatic carbocycles. The number of amides is 1. The highest BCUT2D eigenvalue weighted by Gasteiger charge is 2.26. The van der Waals surface area contributed by atoms with Crippen LogP contribution < -0.4 is 5.32 Å². The standard InChI is InChI=1S/C15H16FN3OS/c1-10-8-17-6-7-19(10)15(20)13-9-21-14(18-13)11-4-2-3-5-12(11)16/h2-5,9-10,17H,6-8H2,1H3/t10-/m1/s1. The Kier molecular flexibility index (Phi) is 3.98. The van der Waals surface area contributed by atoms with E-state index in [1.54, 1.807) is 23.6 Å². The number of hydrogen-bond donors (Lipinski definition) is 1. The lowest BCUT2D eigenvalue weighted by atomic mass is 10.2. The Hall–Kier alpha value is -1.79. The first kappa shape index (κ1) is 14.2. The summed E-state index contributed by atoms with van der Waals surface area (Å²) in [5.41, 5.74) is 0.835. The van der Waals surface area contributed by atoms with Gasteiger partial charge in [-0.05, 0) is 19.1 Å². The summed E-state index contributed by atoms with van der Waals surface area (Å²) >= 11 is 1.30. The highest BCUT2D eigenvalue weighted by Crippen LogP contribution is 2.26. The summed E-state index contributed by atoms with van der Waals surface area (Å²) in [5.74, 6) is -0.399. The van der Waals surface area contributed by atoms with E-state index in [1.807, 2.05) is 11.8 Å². The summed E-state index contributed by atoms with van der Waals surface area (Å²) in [6, 6.07) is 6.62. The summed E-state index contributed by atoms with van der Waals surface area (Å²) in [6.45, 7) is 4.26. The Bertz CT molecular complexity index is 658. The van der Waals surface area contributed by atoms with Crippen LogP contribution >= 0.6 is 11.3 Å². The van der Waals surface area contributed by atoms with Gasteiger partial charge in [0, 0.05) is 36.6 Å². The van der Waals surface area contributed by atoms with Crippen LogP contribution in [0.4, 0.5) is 4.39 Å². The monoisotopic (exact) mass is 305 g/mol. The fourth-order valence-corrected chi connectivity index (χ4v) is 3.24. The van der Waals surface area contributed by atoms with Gasteiger partial charge in [-0.2, -0.15) is 0 Å². The molecule has 0 spiro atoms. The van der Waals surface area contributed by atoms with Gasteiger partial charge in [0.1, 0.15) is 16.5 Å². The van der Waals surface area contributed by atoms with Gasteiger partial charge in [-0.25, -0.2) is 9.37 Å². The molecule has 21 heavy (non-hydrogen) atoms. The van der Waals surface area contributed by atoms with Gasteiger partial charge in [-0.3, -0.25) is 4.79 Å². The Labute approximate surface area is 126 Å². The summed E-state index contributed by atoms with van der Waals surface area (Å²) in [4.78, 5) is 18.6. The predicted octanol–water partition coefficient (Wildman–Crippen LogP) is 2.38. The molecule has 0 bridgehead atoms. The number of thiazole rings is 1. The van der Waals surface area contributed by atoms with Crippen LogP contribution in [-0.4, -0.2) is 41.5 Å². The molecule has 1 aromatic heterocycles. The van der Waals surface area contributed by atoms with Crippen molar-refractivity contribution in [1.29, 1.82) is 0 Å². The van der Waals surface area contributed by atoms with Gasteiger partial charge in [0.05, 0.1) is 0 Å². The Balaban J connectivity index is 1.85. The molecule has 1 N–H and O–H groups in total. The van der Waals surface area contributed by atoms with Crippen molar-refractivity contribution >= 4 is 17.2 Å². The molecule has 1 amide bonds. The maximum absolute atomic E-state index is 13.8. The molecule has 0 aliphatic carbocycles. The third kappa shape index (κ3) is 2.82. The molecule has 110 valence electrons. The van der Waals surface area contributed by atoms with Gasteiger partial charge in [-0.15, -0.1) is 11.3 Å². The molecule has 1 fully saturated rings. The fourth-order valence-electron chi connectivity index (χ4n) is 2.42. The predicted molar refractivity (Wildman–Crippen MR) is 80.9 cm³/mol. The number of nitrogens with one attached hydrogen (secondary N) is 1. The van der Waals surface area contributed by atoms with E-state index in [1.165, 1.54) is 17.4 Å². The number of benzene rings is 1. The number of halogens is 1. The quantitative estimate of drug-likeness (QED) is 0.926. The maximum atomic E-state index is 13.8. The van der Waals surface area contributed by atoms with Crippen LogP contribution in [0.2, 0.25) is 0 Å². The van der Waals surface area contributed by atoms with Crippen LogP contribution in [0.5, 0.6) is 0 Å². The topological polar surface area (TPSA) is 45.2 Å². The Morgan fingerprint density at radius 1 is 1.48 bits per heavy atom. The normalized spacial score (nSPS) is 18.8. The smallest absolute Gasteiger partial charge is 0.273 e. The largest absolute Gasteiger partial charge is 0.332 e. The van der Waals surface area contributed by atoms with Gasteiger partial charge in [0.25, 0.3) is 5.91 Å². The molecular weight excluding hydrogens is 289 g/mol. The first-order valence-electron chi connectivity index (χ1n) is 6.89. The van der Waals surface area contributed by atoms with E-state index in [0.29, 0.717) is 22.8 Å². The number of carbonyl (C=O) groups excluding carboxylic acids is 1. The third-order valence-corrected chi connectivity index (χ3v) is 4.47. The highest BCUT2D eigenvalue weighted by atomic mass is 32.1. The van der Waals surface area contributed by atoms with Crippen molar-refractivity contribution in [2.24, 2.45) is 0 Å². The lowest BCUT2D eigenvalue weighted by molar-refractivity contribution is 0.0650. The maximum Gasteiger partial charge on any atom is 0.273 e. The molecule has 2 heterocycles. The molecule has 6 heteroatoms. The molecule has 0 unspecified atom stereocenters. The summed E-state index contributed by atoms with van der Waals surface area (Å²) in [6.07, 6.45) is 0. The van der Waals surface area contributed by atoms with E-state index >= 15 is 0 Å². The van der Waals surface area contributed by atoms with Crippen LogP contribution in [0.3, 0.4) is 0 Å². The second kappa shape index (κ2) is 5.91. The van der Waals surface area contributed by atoms with Crippen molar-refractivity contribution in [2.45, 2.75) is 13.0 Å². The van der Waals surface area contributed by atoms with Crippen molar-refractivity contribution in [2.75, 3.05) is 19.6 Å². The van der Waals surface area contributed by atoms with Crippen LogP contribution in [0.15, 0.2) is 29.6 Å². The van der Waals surface area contributed by atoms with Crippen LogP contribution in [-0.2, 0) is 0 Å². The SMILES string of the molecule is C[C@@H]1CNCCN1C(=O)c1csc(-c2ccccc2F)n1. The Morgan fingerprint density at radius 2 is 2.29 bits per heavy atom. The second-order valence-electron chi connectivity index (χ2n) is 5.07. The molecule has 1 atom stereocenters. The zero-order chi connectivity index (χ0) is 14.8. The van der Waals surface area contributed by atoms with Gasteiger partial charge in [0.2, 0.25) is 0 Å². The molecule has 4 nitrogen and oxygen atoms in total. The fraction of sp³-hybridized carbons (Fsp3) is 0.333. The average Bonchev–Trinajstić information content (AvgIpc) is 2.97. The molecule has 0 radical (unpaired) electrons. The number of rotatable bonds is 2. The van der Waals surface area contributed by atoms with Crippen molar-refractivity contribution in [3.05, 3.63) is 41.2 Å². The first-order valence-corrected chi connectivity index (χ1v) is 7.77. The summed E-state index contributed by atoms with van der Waals surface area (Å²) in [7, 11) is 0. The van der Waals surface area contributed by atoms with Gasteiger partial charge in [-0.1, -0.05) is 12.1 Å². The number of aromatic nitrogens is 1. The van der Waals surface area contributed by atoms with Crippen molar-refractivity contribution in [3.63, 3.8) is 0 Å². The Morgan fingerprint density at radius 3 is 3.05 bits per heavy atom. The highest BCUT2D eigenvalue weighted by molar-refractivity contribution is 7.13. The van der Waals surface area contributed by atoms with Crippen LogP contribution in [0.1, 0.15) is 17.4 Å². The lowest BCUT2D eigenvalue weighted by Gasteiger charge is -2.33. The van der Waals surface area contributed by atoms with E-state index in [2.05, 4.69) is 10.3 Å². The second-order valence-corrected chi connectivity index (χ2v) is 5.93. The van der Waals surface area contributed by atoms with E-state index in [9.17, 15) is 9.18 Å². The van der Waals surface area contributed by atoms with Gasteiger partial charge >= 0.3 is 0 Å². The zero-order valence-corrected chi connectivity index (χ0v) is 12.5. The first-order chi connectivity index (χ1) is 10.2. The van der Waals surface area contributed by atoms with Crippen molar-refractivity contribution < 1.29 is 9.18 Å². The number of piperazine rings is 1. The van der Waals surface area contributed by atoms with Gasteiger partial charge < -0.3 is 10.2 Å². The third-order valence-electron chi connectivity index (χ3n) is 3.59. The van der Waals surface area contributed by atoms with Crippen LogP contribution in [0.25, 0.3) is 10.6 Å². The summed E-state index contributed by atoms with van der Waals surface area (Å²) < 4.78 is 13.8. The zero-order valence-electron chi connectivity index (χ0n) is 11.7. The summed E-state index contributed by atoms with van der Waals surface area (Å²) in [5, 5.41) is 5.50. The molecule has 0 saturated carbocycles.